The molecule has 1 aromatic rings. The molecule has 0 aromatic carbocycles. The molecule has 1 aliphatic carbocycles. The van der Waals surface area contributed by atoms with Gasteiger partial charge in [-0.05, 0) is 25.5 Å². The van der Waals surface area contributed by atoms with E-state index in [1.807, 2.05) is 17.8 Å². The van der Waals surface area contributed by atoms with Crippen LogP contribution in [0.3, 0.4) is 0 Å². The number of nitrogens with zero attached hydrogens (tertiary/aromatic N) is 2. The van der Waals surface area contributed by atoms with Crippen LogP contribution in [0.15, 0.2) is 21.8 Å². The minimum absolute atomic E-state index is 0. The second-order valence-electron chi connectivity index (χ2n) is 4.78. The van der Waals surface area contributed by atoms with E-state index in [0.717, 1.165) is 16.9 Å². The zero-order chi connectivity index (χ0) is 13.5. The van der Waals surface area contributed by atoms with Gasteiger partial charge in [-0.15, -0.1) is 24.0 Å². The standard InChI is InChI=1S/C13H22N4OS.HI/c1-14-13(15-9-11-6-7-18-17-11)16-10-4-3-5-12(8-10)19-2;/h6-7,10,12H,3-5,8-9H2,1-2H3,(H2,14,15,16);1H. The molecule has 2 atom stereocenters. The van der Waals surface area contributed by atoms with Crippen LogP contribution in [0.5, 0.6) is 0 Å². The van der Waals surface area contributed by atoms with Crippen LogP contribution in [0, 0.1) is 0 Å². The molecule has 20 heavy (non-hydrogen) atoms. The predicted octanol–water partition coefficient (Wildman–Crippen LogP) is 2.63. The summed E-state index contributed by atoms with van der Waals surface area (Å²) in [6.45, 7) is 0.634. The molecular formula is C13H23IN4OS. The molecule has 1 heterocycles. The summed E-state index contributed by atoms with van der Waals surface area (Å²) in [5.41, 5.74) is 0.883. The first kappa shape index (κ1) is 17.6. The molecule has 7 heteroatoms. The molecule has 1 aliphatic rings. The van der Waals surface area contributed by atoms with Crippen molar-refractivity contribution in [1.29, 1.82) is 0 Å². The average molecular weight is 410 g/mol. The second kappa shape index (κ2) is 9.49. The molecule has 1 aromatic heterocycles. The van der Waals surface area contributed by atoms with E-state index in [1.54, 1.807) is 13.3 Å². The SMILES string of the molecule is CN=C(NCc1ccon1)NC1CCCC(SC)C1.I. The molecule has 2 rings (SSSR count). The summed E-state index contributed by atoms with van der Waals surface area (Å²) in [7, 11) is 1.80. The zero-order valence-corrected chi connectivity index (χ0v) is 15.1. The highest BCUT2D eigenvalue weighted by molar-refractivity contribution is 14.0. The molecule has 0 amide bonds. The maximum absolute atomic E-state index is 4.81. The van der Waals surface area contributed by atoms with E-state index >= 15 is 0 Å². The van der Waals surface area contributed by atoms with Crippen molar-refractivity contribution < 1.29 is 4.52 Å². The van der Waals surface area contributed by atoms with Gasteiger partial charge in [-0.3, -0.25) is 4.99 Å². The zero-order valence-electron chi connectivity index (χ0n) is 12.0. The highest BCUT2D eigenvalue weighted by Crippen LogP contribution is 2.26. The molecule has 0 spiro atoms. The van der Waals surface area contributed by atoms with Crippen LogP contribution >= 0.6 is 35.7 Å². The van der Waals surface area contributed by atoms with Gasteiger partial charge in [0.1, 0.15) is 12.0 Å². The first-order valence-electron chi connectivity index (χ1n) is 6.71. The molecule has 2 unspecified atom stereocenters. The molecule has 114 valence electrons. The van der Waals surface area contributed by atoms with Crippen LogP contribution in [-0.2, 0) is 6.54 Å². The maximum Gasteiger partial charge on any atom is 0.191 e. The van der Waals surface area contributed by atoms with Gasteiger partial charge in [-0.2, -0.15) is 11.8 Å². The molecule has 0 saturated heterocycles. The van der Waals surface area contributed by atoms with E-state index in [9.17, 15) is 0 Å². The summed E-state index contributed by atoms with van der Waals surface area (Å²) >= 11 is 1.97. The Morgan fingerprint density at radius 1 is 1.55 bits per heavy atom. The smallest absolute Gasteiger partial charge is 0.191 e. The Labute approximate surface area is 141 Å². The predicted molar refractivity (Wildman–Crippen MR) is 94.8 cm³/mol. The van der Waals surface area contributed by atoms with E-state index in [0.29, 0.717) is 12.6 Å². The van der Waals surface area contributed by atoms with Crippen molar-refractivity contribution in [2.24, 2.45) is 4.99 Å². The summed E-state index contributed by atoms with van der Waals surface area (Å²) < 4.78 is 4.81. The highest BCUT2D eigenvalue weighted by atomic mass is 127. The van der Waals surface area contributed by atoms with Gasteiger partial charge in [0.2, 0.25) is 0 Å². The molecule has 1 fully saturated rings. The summed E-state index contributed by atoms with van der Waals surface area (Å²) in [6.07, 6.45) is 8.85. The lowest BCUT2D eigenvalue weighted by Crippen LogP contribution is -2.45. The molecular weight excluding hydrogens is 387 g/mol. The summed E-state index contributed by atoms with van der Waals surface area (Å²) in [5.74, 6) is 0.842. The molecule has 5 nitrogen and oxygen atoms in total. The van der Waals surface area contributed by atoms with E-state index < -0.39 is 0 Å². The van der Waals surface area contributed by atoms with Crippen LogP contribution in [0.4, 0.5) is 0 Å². The number of halogens is 1. The van der Waals surface area contributed by atoms with Crippen LogP contribution < -0.4 is 10.6 Å². The van der Waals surface area contributed by atoms with Gasteiger partial charge in [-0.1, -0.05) is 11.6 Å². The Morgan fingerprint density at radius 3 is 3.05 bits per heavy atom. The van der Waals surface area contributed by atoms with Gasteiger partial charge in [0, 0.05) is 24.4 Å². The fourth-order valence-corrected chi connectivity index (χ4v) is 3.21. The third-order valence-corrected chi connectivity index (χ3v) is 4.55. The largest absolute Gasteiger partial charge is 0.364 e. The van der Waals surface area contributed by atoms with Gasteiger partial charge >= 0.3 is 0 Å². The van der Waals surface area contributed by atoms with Crippen molar-refractivity contribution >= 4 is 41.7 Å². The number of thioether (sulfide) groups is 1. The quantitative estimate of drug-likeness (QED) is 0.454. The van der Waals surface area contributed by atoms with Gasteiger partial charge in [0.05, 0.1) is 6.54 Å². The Hall–Kier alpha value is -0.440. The van der Waals surface area contributed by atoms with Gasteiger partial charge < -0.3 is 15.2 Å². The fraction of sp³-hybridized carbons (Fsp3) is 0.692. The summed E-state index contributed by atoms with van der Waals surface area (Å²) in [6, 6.07) is 2.37. The number of hydrogen-bond acceptors (Lipinski definition) is 4. The van der Waals surface area contributed by atoms with Crippen molar-refractivity contribution in [3.05, 3.63) is 18.0 Å². The van der Waals surface area contributed by atoms with Crippen LogP contribution in [0.2, 0.25) is 0 Å². The van der Waals surface area contributed by atoms with Crippen LogP contribution in [-0.4, -0.2) is 35.7 Å². The van der Waals surface area contributed by atoms with Crippen molar-refractivity contribution in [2.45, 2.75) is 43.5 Å². The van der Waals surface area contributed by atoms with E-state index in [1.165, 1.54) is 25.7 Å². The lowest BCUT2D eigenvalue weighted by molar-refractivity contribution is 0.408. The monoisotopic (exact) mass is 410 g/mol. The number of rotatable bonds is 4. The number of hydrogen-bond donors (Lipinski definition) is 2. The Bertz CT molecular complexity index is 399. The van der Waals surface area contributed by atoms with E-state index in [-0.39, 0.29) is 24.0 Å². The second-order valence-corrected chi connectivity index (χ2v) is 5.92. The Morgan fingerprint density at radius 2 is 2.40 bits per heavy atom. The number of aliphatic imine (C=N–C) groups is 1. The number of nitrogens with one attached hydrogen (secondary N) is 2. The van der Waals surface area contributed by atoms with Crippen molar-refractivity contribution in [3.63, 3.8) is 0 Å². The van der Waals surface area contributed by atoms with Crippen LogP contribution in [0.1, 0.15) is 31.4 Å². The van der Waals surface area contributed by atoms with E-state index in [2.05, 4.69) is 27.0 Å². The molecule has 1 saturated carbocycles. The third kappa shape index (κ3) is 5.51. The Balaban J connectivity index is 0.00000200. The van der Waals surface area contributed by atoms with Gasteiger partial charge in [0.25, 0.3) is 0 Å². The number of guanidine groups is 1. The number of aromatic nitrogens is 1. The average Bonchev–Trinajstić information content (AvgIpc) is 2.97. The molecule has 0 radical (unpaired) electrons. The summed E-state index contributed by atoms with van der Waals surface area (Å²) in [4.78, 5) is 4.26. The molecule has 2 N–H and O–H groups in total. The van der Waals surface area contributed by atoms with Crippen molar-refractivity contribution in [2.75, 3.05) is 13.3 Å². The van der Waals surface area contributed by atoms with Gasteiger partial charge in [0.15, 0.2) is 5.96 Å². The first-order valence-corrected chi connectivity index (χ1v) is 8.00. The Kier molecular flexibility index (Phi) is 8.35. The highest BCUT2D eigenvalue weighted by Gasteiger charge is 2.21. The van der Waals surface area contributed by atoms with Crippen molar-refractivity contribution in [3.8, 4) is 0 Å². The van der Waals surface area contributed by atoms with Gasteiger partial charge in [-0.25, -0.2) is 0 Å². The molecule has 0 aliphatic heterocycles. The lowest BCUT2D eigenvalue weighted by Gasteiger charge is -2.29. The minimum atomic E-state index is 0. The lowest BCUT2D eigenvalue weighted by atomic mass is 9.95. The first-order chi connectivity index (χ1) is 9.31. The minimum Gasteiger partial charge on any atom is -0.364 e. The summed E-state index contributed by atoms with van der Waals surface area (Å²) in [5, 5.41) is 11.4. The third-order valence-electron chi connectivity index (χ3n) is 3.45. The molecule has 0 bridgehead atoms. The topological polar surface area (TPSA) is 62.5 Å². The van der Waals surface area contributed by atoms with Crippen LogP contribution in [0.25, 0.3) is 0 Å². The van der Waals surface area contributed by atoms with Crippen molar-refractivity contribution in [1.82, 2.24) is 15.8 Å². The van der Waals surface area contributed by atoms with E-state index in [4.69, 9.17) is 4.52 Å². The normalized spacial score (nSPS) is 23.0. The maximum atomic E-state index is 4.81. The fourth-order valence-electron chi connectivity index (χ4n) is 2.38.